The molecular weight excluding hydrogens is 214 g/mol. The predicted octanol–water partition coefficient (Wildman–Crippen LogP) is 2.15. The molecule has 0 fully saturated rings. The number of rotatable bonds is 6. The summed E-state index contributed by atoms with van der Waals surface area (Å²) in [5.74, 6) is -0.191. The fourth-order valence-corrected chi connectivity index (χ4v) is 1.47. The molecular formula is C14H19NO2. The SMILES string of the molecule is CCOC(=O)CC=Cc1ccc(CCN)cc1. The Hall–Kier alpha value is -1.61. The quantitative estimate of drug-likeness (QED) is 0.766. The van der Waals surface area contributed by atoms with Crippen molar-refractivity contribution in [2.45, 2.75) is 19.8 Å². The number of hydrogen-bond donors (Lipinski definition) is 1. The molecule has 0 unspecified atom stereocenters. The first-order valence-electron chi connectivity index (χ1n) is 5.87. The fraction of sp³-hybridized carbons (Fsp3) is 0.357. The van der Waals surface area contributed by atoms with E-state index in [1.165, 1.54) is 5.56 Å². The summed E-state index contributed by atoms with van der Waals surface area (Å²) in [7, 11) is 0. The molecule has 3 nitrogen and oxygen atoms in total. The van der Waals surface area contributed by atoms with Gasteiger partial charge in [-0.2, -0.15) is 0 Å². The highest BCUT2D eigenvalue weighted by molar-refractivity contribution is 5.72. The van der Waals surface area contributed by atoms with E-state index in [4.69, 9.17) is 10.5 Å². The monoisotopic (exact) mass is 233 g/mol. The first kappa shape index (κ1) is 13.5. The lowest BCUT2D eigenvalue weighted by Gasteiger charge is -1.99. The predicted molar refractivity (Wildman–Crippen MR) is 69.5 cm³/mol. The third-order valence-corrected chi connectivity index (χ3v) is 2.31. The van der Waals surface area contributed by atoms with Gasteiger partial charge in [0.05, 0.1) is 13.0 Å². The van der Waals surface area contributed by atoms with Gasteiger partial charge in [0.2, 0.25) is 0 Å². The second-order valence-electron chi connectivity index (χ2n) is 3.69. The van der Waals surface area contributed by atoms with E-state index in [9.17, 15) is 4.79 Å². The topological polar surface area (TPSA) is 52.3 Å². The van der Waals surface area contributed by atoms with Crippen LogP contribution < -0.4 is 5.73 Å². The van der Waals surface area contributed by atoms with Gasteiger partial charge in [-0.3, -0.25) is 4.79 Å². The van der Waals surface area contributed by atoms with Crippen LogP contribution in [0.4, 0.5) is 0 Å². The Morgan fingerprint density at radius 1 is 1.35 bits per heavy atom. The molecule has 1 rings (SSSR count). The van der Waals surface area contributed by atoms with Crippen LogP contribution in [0.15, 0.2) is 30.3 Å². The van der Waals surface area contributed by atoms with Gasteiger partial charge in [0.15, 0.2) is 0 Å². The van der Waals surface area contributed by atoms with Gasteiger partial charge >= 0.3 is 5.97 Å². The van der Waals surface area contributed by atoms with Crippen LogP contribution in [0, 0.1) is 0 Å². The maximum atomic E-state index is 11.1. The summed E-state index contributed by atoms with van der Waals surface area (Å²) in [5, 5.41) is 0. The summed E-state index contributed by atoms with van der Waals surface area (Å²) >= 11 is 0. The highest BCUT2D eigenvalue weighted by atomic mass is 16.5. The highest BCUT2D eigenvalue weighted by Gasteiger charge is 1.96. The minimum absolute atomic E-state index is 0.191. The average molecular weight is 233 g/mol. The molecule has 0 aromatic heterocycles. The van der Waals surface area contributed by atoms with E-state index in [0.29, 0.717) is 19.6 Å². The van der Waals surface area contributed by atoms with Crippen molar-refractivity contribution >= 4 is 12.0 Å². The van der Waals surface area contributed by atoms with Crippen LogP contribution >= 0.6 is 0 Å². The van der Waals surface area contributed by atoms with Crippen molar-refractivity contribution in [3.63, 3.8) is 0 Å². The minimum Gasteiger partial charge on any atom is -0.466 e. The van der Waals surface area contributed by atoms with Crippen LogP contribution in [0.5, 0.6) is 0 Å². The molecule has 0 atom stereocenters. The summed E-state index contributed by atoms with van der Waals surface area (Å²) in [6.45, 7) is 2.90. The van der Waals surface area contributed by atoms with Gasteiger partial charge in [-0.15, -0.1) is 0 Å². The average Bonchev–Trinajstić information content (AvgIpc) is 2.32. The van der Waals surface area contributed by atoms with Crippen molar-refractivity contribution in [3.8, 4) is 0 Å². The molecule has 0 aliphatic heterocycles. The van der Waals surface area contributed by atoms with Crippen LogP contribution in [0.25, 0.3) is 6.08 Å². The van der Waals surface area contributed by atoms with Gasteiger partial charge in [-0.25, -0.2) is 0 Å². The van der Waals surface area contributed by atoms with Crippen molar-refractivity contribution in [1.82, 2.24) is 0 Å². The van der Waals surface area contributed by atoms with E-state index in [-0.39, 0.29) is 5.97 Å². The minimum atomic E-state index is -0.191. The van der Waals surface area contributed by atoms with Gasteiger partial charge in [-0.1, -0.05) is 36.4 Å². The second-order valence-corrected chi connectivity index (χ2v) is 3.69. The molecule has 1 aromatic carbocycles. The van der Waals surface area contributed by atoms with Gasteiger partial charge in [-0.05, 0) is 31.0 Å². The Kier molecular flexibility index (Phi) is 6.04. The Morgan fingerprint density at radius 2 is 2.06 bits per heavy atom. The number of benzene rings is 1. The number of ether oxygens (including phenoxy) is 1. The van der Waals surface area contributed by atoms with E-state index in [2.05, 4.69) is 12.1 Å². The molecule has 0 bridgehead atoms. The summed E-state index contributed by atoms with van der Waals surface area (Å²) in [6, 6.07) is 8.15. The molecule has 0 amide bonds. The smallest absolute Gasteiger partial charge is 0.309 e. The lowest BCUT2D eigenvalue weighted by Crippen LogP contribution is -2.02. The Labute approximate surface area is 102 Å². The second kappa shape index (κ2) is 7.63. The highest BCUT2D eigenvalue weighted by Crippen LogP contribution is 2.07. The zero-order valence-corrected chi connectivity index (χ0v) is 10.2. The zero-order valence-electron chi connectivity index (χ0n) is 10.2. The summed E-state index contributed by atoms with van der Waals surface area (Å²) in [5.41, 5.74) is 7.79. The molecule has 3 heteroatoms. The molecule has 0 spiro atoms. The van der Waals surface area contributed by atoms with Crippen LogP contribution in [0.3, 0.4) is 0 Å². The first-order chi connectivity index (χ1) is 8.26. The van der Waals surface area contributed by atoms with Gasteiger partial charge in [0, 0.05) is 0 Å². The van der Waals surface area contributed by atoms with E-state index < -0.39 is 0 Å². The van der Waals surface area contributed by atoms with Crippen LogP contribution in [0.1, 0.15) is 24.5 Å². The Morgan fingerprint density at radius 3 is 2.65 bits per heavy atom. The maximum absolute atomic E-state index is 11.1. The fourth-order valence-electron chi connectivity index (χ4n) is 1.47. The summed E-state index contributed by atoms with van der Waals surface area (Å²) in [4.78, 5) is 11.1. The first-order valence-corrected chi connectivity index (χ1v) is 5.87. The molecule has 17 heavy (non-hydrogen) atoms. The number of carbonyl (C=O) groups is 1. The van der Waals surface area contributed by atoms with Gasteiger partial charge < -0.3 is 10.5 Å². The number of esters is 1. The van der Waals surface area contributed by atoms with Crippen LogP contribution in [-0.2, 0) is 16.0 Å². The third-order valence-electron chi connectivity index (χ3n) is 2.31. The van der Waals surface area contributed by atoms with Crippen molar-refractivity contribution in [1.29, 1.82) is 0 Å². The number of carbonyl (C=O) groups excluding carboxylic acids is 1. The normalized spacial score (nSPS) is 10.7. The lowest BCUT2D eigenvalue weighted by atomic mass is 10.1. The Bertz CT molecular complexity index is 368. The van der Waals surface area contributed by atoms with E-state index >= 15 is 0 Å². The number of hydrogen-bond acceptors (Lipinski definition) is 3. The summed E-state index contributed by atoms with van der Waals surface area (Å²) < 4.78 is 4.83. The maximum Gasteiger partial charge on any atom is 0.309 e. The summed E-state index contributed by atoms with van der Waals surface area (Å²) in [6.07, 6.45) is 4.95. The third kappa shape index (κ3) is 5.31. The molecule has 0 saturated carbocycles. The van der Waals surface area contributed by atoms with Crippen molar-refractivity contribution in [2.75, 3.05) is 13.2 Å². The van der Waals surface area contributed by atoms with Crippen molar-refractivity contribution in [2.24, 2.45) is 5.73 Å². The number of nitrogens with two attached hydrogens (primary N) is 1. The van der Waals surface area contributed by atoms with Gasteiger partial charge in [0.25, 0.3) is 0 Å². The molecule has 0 aliphatic rings. The molecule has 1 aromatic rings. The zero-order chi connectivity index (χ0) is 12.5. The molecule has 0 saturated heterocycles. The standard InChI is InChI=1S/C14H19NO2/c1-2-17-14(16)5-3-4-12-6-8-13(9-7-12)10-11-15/h3-4,6-9H,2,5,10-11,15H2,1H3. The van der Waals surface area contributed by atoms with Crippen molar-refractivity contribution in [3.05, 3.63) is 41.5 Å². The lowest BCUT2D eigenvalue weighted by molar-refractivity contribution is -0.142. The Balaban J connectivity index is 2.45. The van der Waals surface area contributed by atoms with E-state index in [1.807, 2.05) is 24.3 Å². The van der Waals surface area contributed by atoms with Crippen LogP contribution in [-0.4, -0.2) is 19.1 Å². The van der Waals surface area contributed by atoms with Gasteiger partial charge in [0.1, 0.15) is 0 Å². The molecule has 92 valence electrons. The van der Waals surface area contributed by atoms with Crippen molar-refractivity contribution < 1.29 is 9.53 Å². The largest absolute Gasteiger partial charge is 0.466 e. The molecule has 0 radical (unpaired) electrons. The molecule has 0 heterocycles. The van der Waals surface area contributed by atoms with Crippen LogP contribution in [0.2, 0.25) is 0 Å². The van der Waals surface area contributed by atoms with E-state index in [0.717, 1.165) is 12.0 Å². The van der Waals surface area contributed by atoms with E-state index in [1.54, 1.807) is 6.92 Å². The molecule has 2 N–H and O–H groups in total. The molecule has 0 aliphatic carbocycles.